The summed E-state index contributed by atoms with van der Waals surface area (Å²) in [7, 11) is 0. The molecule has 1 atom stereocenters. The smallest absolute Gasteiger partial charge is 0.242 e. The van der Waals surface area contributed by atoms with E-state index in [1.807, 2.05) is 6.92 Å². The average molecular weight is 302 g/mol. The van der Waals surface area contributed by atoms with Crippen molar-refractivity contribution in [1.82, 2.24) is 4.90 Å². The number of amides is 1. The Kier molecular flexibility index (Phi) is 5.06. The number of morpholine rings is 1. The van der Waals surface area contributed by atoms with Gasteiger partial charge < -0.3 is 15.0 Å². The second-order valence-corrected chi connectivity index (χ2v) is 4.85. The first-order valence-electron chi connectivity index (χ1n) is 6.79. The van der Waals surface area contributed by atoms with E-state index >= 15 is 0 Å². The molecule has 1 amide bonds. The van der Waals surface area contributed by atoms with Gasteiger partial charge in [0, 0.05) is 30.9 Å². The van der Waals surface area contributed by atoms with Crippen LogP contribution in [0.25, 0.3) is 0 Å². The molecule has 1 aromatic carbocycles. The van der Waals surface area contributed by atoms with Crippen molar-refractivity contribution in [3.63, 3.8) is 0 Å². The molecule has 0 spiro atoms. The van der Waals surface area contributed by atoms with Crippen molar-refractivity contribution >= 4 is 11.6 Å². The molecule has 1 fully saturated rings. The molecular formula is C14H17F3N2O2. The molecule has 0 aliphatic carbocycles. The Labute approximate surface area is 120 Å². The Morgan fingerprint density at radius 1 is 1.38 bits per heavy atom. The number of benzene rings is 1. The topological polar surface area (TPSA) is 41.6 Å². The summed E-state index contributed by atoms with van der Waals surface area (Å²) in [5.41, 5.74) is 0.0278. The number of carbonyl (C=O) groups is 1. The summed E-state index contributed by atoms with van der Waals surface area (Å²) in [6, 6.07) is 1.64. The van der Waals surface area contributed by atoms with Crippen molar-refractivity contribution in [3.05, 3.63) is 29.6 Å². The van der Waals surface area contributed by atoms with Crippen molar-refractivity contribution in [2.24, 2.45) is 0 Å². The van der Waals surface area contributed by atoms with Crippen LogP contribution in [0, 0.1) is 17.5 Å². The van der Waals surface area contributed by atoms with Crippen LogP contribution in [0.1, 0.15) is 13.3 Å². The summed E-state index contributed by atoms with van der Waals surface area (Å²) in [6.07, 6.45) is 0.828. The van der Waals surface area contributed by atoms with E-state index in [2.05, 4.69) is 5.32 Å². The standard InChI is InChI=1S/C14H17F3N2O2/c1-2-10-8-19(3-4-21-10)13(20)7-18-9-5-11(15)14(17)12(16)6-9/h5-6,10,18H,2-4,7-8H2,1H3/t10-/m0/s1. The number of nitrogens with zero attached hydrogens (tertiary/aromatic N) is 1. The van der Waals surface area contributed by atoms with Crippen LogP contribution in [0.5, 0.6) is 0 Å². The van der Waals surface area contributed by atoms with Crippen LogP contribution in [-0.2, 0) is 9.53 Å². The zero-order valence-corrected chi connectivity index (χ0v) is 11.7. The summed E-state index contributed by atoms with van der Waals surface area (Å²) in [5, 5.41) is 2.60. The van der Waals surface area contributed by atoms with Crippen LogP contribution in [0.3, 0.4) is 0 Å². The summed E-state index contributed by atoms with van der Waals surface area (Å²) < 4.78 is 44.4. The minimum Gasteiger partial charge on any atom is -0.376 e. The van der Waals surface area contributed by atoms with Gasteiger partial charge in [0.05, 0.1) is 19.3 Å². The van der Waals surface area contributed by atoms with Crippen LogP contribution in [0.4, 0.5) is 18.9 Å². The van der Waals surface area contributed by atoms with Crippen molar-refractivity contribution in [2.45, 2.75) is 19.4 Å². The Morgan fingerprint density at radius 2 is 2.05 bits per heavy atom. The highest BCUT2D eigenvalue weighted by molar-refractivity contribution is 5.81. The molecule has 0 unspecified atom stereocenters. The molecule has 1 aliphatic rings. The molecule has 1 aromatic rings. The molecule has 0 saturated carbocycles. The predicted molar refractivity (Wildman–Crippen MR) is 71.4 cm³/mol. The normalized spacial score (nSPS) is 18.7. The van der Waals surface area contributed by atoms with E-state index < -0.39 is 17.5 Å². The molecular weight excluding hydrogens is 285 g/mol. The van der Waals surface area contributed by atoms with Gasteiger partial charge in [-0.25, -0.2) is 13.2 Å². The molecule has 0 aromatic heterocycles. The molecule has 21 heavy (non-hydrogen) atoms. The third-order valence-corrected chi connectivity index (χ3v) is 3.37. The van der Waals surface area contributed by atoms with Gasteiger partial charge >= 0.3 is 0 Å². The molecule has 7 heteroatoms. The van der Waals surface area contributed by atoms with Gasteiger partial charge in [-0.15, -0.1) is 0 Å². The molecule has 1 aliphatic heterocycles. The van der Waals surface area contributed by atoms with Gasteiger partial charge in [0.1, 0.15) is 0 Å². The number of anilines is 1. The summed E-state index contributed by atoms with van der Waals surface area (Å²) in [5.74, 6) is -4.29. The number of ether oxygens (including phenoxy) is 1. The van der Waals surface area contributed by atoms with Crippen LogP contribution >= 0.6 is 0 Å². The second-order valence-electron chi connectivity index (χ2n) is 4.85. The van der Waals surface area contributed by atoms with E-state index in [0.717, 1.165) is 18.6 Å². The van der Waals surface area contributed by atoms with Crippen molar-refractivity contribution in [2.75, 3.05) is 31.6 Å². The Balaban J connectivity index is 1.92. The van der Waals surface area contributed by atoms with E-state index in [-0.39, 0.29) is 24.2 Å². The van der Waals surface area contributed by atoms with Gasteiger partial charge in [0.25, 0.3) is 0 Å². The van der Waals surface area contributed by atoms with E-state index in [0.29, 0.717) is 19.7 Å². The third-order valence-electron chi connectivity index (χ3n) is 3.37. The summed E-state index contributed by atoms with van der Waals surface area (Å²) >= 11 is 0. The minimum atomic E-state index is -1.52. The maximum Gasteiger partial charge on any atom is 0.242 e. The van der Waals surface area contributed by atoms with Crippen LogP contribution in [0.2, 0.25) is 0 Å². The largest absolute Gasteiger partial charge is 0.376 e. The lowest BCUT2D eigenvalue weighted by Crippen LogP contribution is -2.47. The van der Waals surface area contributed by atoms with Gasteiger partial charge in [0.2, 0.25) is 5.91 Å². The van der Waals surface area contributed by atoms with Crippen LogP contribution < -0.4 is 5.32 Å². The second kappa shape index (κ2) is 6.80. The first kappa shape index (κ1) is 15.6. The maximum absolute atomic E-state index is 13.0. The van der Waals surface area contributed by atoms with Crippen molar-refractivity contribution < 1.29 is 22.7 Å². The summed E-state index contributed by atoms with van der Waals surface area (Å²) in [6.45, 7) is 3.33. The van der Waals surface area contributed by atoms with Crippen molar-refractivity contribution in [3.8, 4) is 0 Å². The number of rotatable bonds is 4. The monoisotopic (exact) mass is 302 g/mol. The number of hydrogen-bond acceptors (Lipinski definition) is 3. The van der Waals surface area contributed by atoms with E-state index in [1.54, 1.807) is 4.90 Å². The highest BCUT2D eigenvalue weighted by Gasteiger charge is 2.22. The molecule has 1 N–H and O–H groups in total. The van der Waals surface area contributed by atoms with Gasteiger partial charge in [0.15, 0.2) is 17.5 Å². The minimum absolute atomic E-state index is 0.0170. The lowest BCUT2D eigenvalue weighted by molar-refractivity contribution is -0.136. The molecule has 2 rings (SSSR count). The third kappa shape index (κ3) is 3.87. The van der Waals surface area contributed by atoms with Gasteiger partial charge in [-0.05, 0) is 6.42 Å². The molecule has 4 nitrogen and oxygen atoms in total. The highest BCUT2D eigenvalue weighted by Crippen LogP contribution is 2.17. The van der Waals surface area contributed by atoms with Crippen molar-refractivity contribution in [1.29, 1.82) is 0 Å². The summed E-state index contributed by atoms with van der Waals surface area (Å²) in [4.78, 5) is 13.7. The average Bonchev–Trinajstić information content (AvgIpc) is 2.50. The van der Waals surface area contributed by atoms with E-state index in [9.17, 15) is 18.0 Å². The molecule has 0 bridgehead atoms. The quantitative estimate of drug-likeness (QED) is 0.867. The fourth-order valence-electron chi connectivity index (χ4n) is 2.14. The van der Waals surface area contributed by atoms with E-state index in [1.165, 1.54) is 0 Å². The Bertz CT molecular complexity index is 502. The predicted octanol–water partition coefficient (Wildman–Crippen LogP) is 2.15. The SMILES string of the molecule is CC[C@H]1CN(C(=O)CNc2cc(F)c(F)c(F)c2)CCO1. The number of nitrogens with one attached hydrogen (secondary N) is 1. The maximum atomic E-state index is 13.0. The number of halogens is 3. The van der Waals surface area contributed by atoms with Crippen LogP contribution in [0.15, 0.2) is 12.1 Å². The molecule has 0 radical (unpaired) electrons. The first-order valence-corrected chi connectivity index (χ1v) is 6.79. The fourth-order valence-corrected chi connectivity index (χ4v) is 2.14. The van der Waals surface area contributed by atoms with Crippen LogP contribution in [-0.4, -0.2) is 43.2 Å². The zero-order chi connectivity index (χ0) is 15.4. The zero-order valence-electron chi connectivity index (χ0n) is 11.7. The molecule has 1 saturated heterocycles. The molecule has 1 heterocycles. The fraction of sp³-hybridized carbons (Fsp3) is 0.500. The lowest BCUT2D eigenvalue weighted by Gasteiger charge is -2.32. The van der Waals surface area contributed by atoms with E-state index in [4.69, 9.17) is 4.74 Å². The van der Waals surface area contributed by atoms with Gasteiger partial charge in [-0.1, -0.05) is 6.92 Å². The number of hydrogen-bond donors (Lipinski definition) is 1. The highest BCUT2D eigenvalue weighted by atomic mass is 19.2. The van der Waals surface area contributed by atoms with Gasteiger partial charge in [-0.3, -0.25) is 4.79 Å². The number of carbonyl (C=O) groups excluding carboxylic acids is 1. The molecule has 116 valence electrons. The Morgan fingerprint density at radius 3 is 2.67 bits per heavy atom. The first-order chi connectivity index (χ1) is 10.0. The van der Waals surface area contributed by atoms with Gasteiger partial charge in [-0.2, -0.15) is 0 Å². The Hall–Kier alpha value is -1.76. The lowest BCUT2D eigenvalue weighted by atomic mass is 10.2.